The summed E-state index contributed by atoms with van der Waals surface area (Å²) in [4.78, 5) is 16.4. The summed E-state index contributed by atoms with van der Waals surface area (Å²) in [6.07, 6.45) is 6.75. The van der Waals surface area contributed by atoms with E-state index in [1.807, 2.05) is 37.3 Å². The van der Waals surface area contributed by atoms with Crippen molar-refractivity contribution in [2.24, 2.45) is 4.99 Å². The number of nitrogens with one attached hydrogen (secondary N) is 3. The van der Waals surface area contributed by atoms with Crippen LogP contribution in [0.5, 0.6) is 5.75 Å². The van der Waals surface area contributed by atoms with Crippen LogP contribution in [0.2, 0.25) is 0 Å². The van der Waals surface area contributed by atoms with Crippen molar-refractivity contribution in [3.63, 3.8) is 0 Å². The van der Waals surface area contributed by atoms with Crippen LogP contribution < -0.4 is 20.7 Å². The van der Waals surface area contributed by atoms with Gasteiger partial charge in [-0.2, -0.15) is 0 Å². The molecular formula is C20H33IN4O2. The first-order valence-electron chi connectivity index (χ1n) is 9.77. The predicted molar refractivity (Wildman–Crippen MR) is 121 cm³/mol. The van der Waals surface area contributed by atoms with Gasteiger partial charge in [-0.15, -0.1) is 24.0 Å². The fourth-order valence-electron chi connectivity index (χ4n) is 3.00. The highest BCUT2D eigenvalue weighted by Crippen LogP contribution is 2.17. The summed E-state index contributed by atoms with van der Waals surface area (Å²) >= 11 is 0. The number of hydrogen-bond donors (Lipinski definition) is 3. The number of hydrogen-bond acceptors (Lipinski definition) is 3. The molecule has 1 saturated carbocycles. The lowest BCUT2D eigenvalue weighted by molar-refractivity contribution is -0.120. The highest BCUT2D eigenvalue weighted by atomic mass is 127. The fraction of sp³-hybridized carbons (Fsp3) is 0.600. The predicted octanol–water partition coefficient (Wildman–Crippen LogP) is 3.08. The molecule has 1 amide bonds. The van der Waals surface area contributed by atoms with Gasteiger partial charge in [-0.25, -0.2) is 4.99 Å². The molecule has 2 rings (SSSR count). The third-order valence-corrected chi connectivity index (χ3v) is 4.32. The number of aliphatic imine (C=N–C) groups is 1. The molecule has 0 aromatic heterocycles. The molecule has 0 heterocycles. The SMILES string of the molecule is CCNC(=NCC(=O)NC1CCCCC1)NCCCOc1ccccc1.I. The van der Waals surface area contributed by atoms with Crippen LogP contribution in [0.15, 0.2) is 35.3 Å². The normalized spacial score (nSPS) is 14.8. The summed E-state index contributed by atoms with van der Waals surface area (Å²) in [5.41, 5.74) is 0. The molecule has 1 fully saturated rings. The number of halogens is 1. The second kappa shape index (κ2) is 14.5. The molecule has 27 heavy (non-hydrogen) atoms. The lowest BCUT2D eigenvalue weighted by Gasteiger charge is -2.22. The Balaban J connectivity index is 0.00000364. The van der Waals surface area contributed by atoms with Crippen LogP contribution >= 0.6 is 24.0 Å². The van der Waals surface area contributed by atoms with Gasteiger partial charge in [-0.05, 0) is 38.3 Å². The highest BCUT2D eigenvalue weighted by molar-refractivity contribution is 14.0. The number of rotatable bonds is 9. The molecule has 0 bridgehead atoms. The Morgan fingerprint density at radius 3 is 2.59 bits per heavy atom. The van der Waals surface area contributed by atoms with E-state index in [1.54, 1.807) is 0 Å². The summed E-state index contributed by atoms with van der Waals surface area (Å²) in [6, 6.07) is 10.1. The summed E-state index contributed by atoms with van der Waals surface area (Å²) < 4.78 is 5.67. The van der Waals surface area contributed by atoms with E-state index >= 15 is 0 Å². The van der Waals surface area contributed by atoms with Crippen LogP contribution in [0.1, 0.15) is 45.4 Å². The summed E-state index contributed by atoms with van der Waals surface area (Å²) in [7, 11) is 0. The number of amides is 1. The van der Waals surface area contributed by atoms with Gasteiger partial charge in [0.1, 0.15) is 12.3 Å². The number of guanidine groups is 1. The minimum absolute atomic E-state index is 0. The number of benzene rings is 1. The average Bonchev–Trinajstić information content (AvgIpc) is 2.67. The largest absolute Gasteiger partial charge is 0.494 e. The Kier molecular flexibility index (Phi) is 12.7. The summed E-state index contributed by atoms with van der Waals surface area (Å²) in [5, 5.41) is 9.50. The van der Waals surface area contributed by atoms with Crippen molar-refractivity contribution in [2.45, 2.75) is 51.5 Å². The Bertz CT molecular complexity index is 548. The van der Waals surface area contributed by atoms with Gasteiger partial charge in [0.15, 0.2) is 5.96 Å². The minimum Gasteiger partial charge on any atom is -0.494 e. The third kappa shape index (κ3) is 10.4. The second-order valence-corrected chi connectivity index (χ2v) is 6.54. The van der Waals surface area contributed by atoms with Crippen LogP contribution in [0, 0.1) is 0 Å². The van der Waals surface area contributed by atoms with Gasteiger partial charge in [0.2, 0.25) is 5.91 Å². The van der Waals surface area contributed by atoms with E-state index in [9.17, 15) is 4.79 Å². The molecule has 0 saturated heterocycles. The smallest absolute Gasteiger partial charge is 0.242 e. The average molecular weight is 488 g/mol. The summed E-state index contributed by atoms with van der Waals surface area (Å²) in [6.45, 7) is 4.31. The van der Waals surface area contributed by atoms with E-state index in [1.165, 1.54) is 19.3 Å². The van der Waals surface area contributed by atoms with Crippen molar-refractivity contribution >= 4 is 35.8 Å². The molecule has 6 nitrogen and oxygen atoms in total. The molecule has 1 aliphatic carbocycles. The Morgan fingerprint density at radius 1 is 1.15 bits per heavy atom. The van der Waals surface area contributed by atoms with Gasteiger partial charge >= 0.3 is 0 Å². The topological polar surface area (TPSA) is 74.8 Å². The van der Waals surface area contributed by atoms with Gasteiger partial charge in [0, 0.05) is 19.1 Å². The molecule has 0 unspecified atom stereocenters. The quantitative estimate of drug-likeness (QED) is 0.216. The molecule has 0 radical (unpaired) electrons. The van der Waals surface area contributed by atoms with Crippen molar-refractivity contribution < 1.29 is 9.53 Å². The van der Waals surface area contributed by atoms with Gasteiger partial charge in [-0.1, -0.05) is 37.5 Å². The van der Waals surface area contributed by atoms with E-state index in [2.05, 4.69) is 20.9 Å². The molecule has 0 aliphatic heterocycles. The molecule has 1 aliphatic rings. The molecule has 0 spiro atoms. The highest BCUT2D eigenvalue weighted by Gasteiger charge is 2.15. The number of ether oxygens (including phenoxy) is 1. The van der Waals surface area contributed by atoms with Gasteiger partial charge in [0.25, 0.3) is 0 Å². The van der Waals surface area contributed by atoms with Crippen LogP contribution in [0.25, 0.3) is 0 Å². The molecule has 0 atom stereocenters. The number of para-hydroxylation sites is 1. The lowest BCUT2D eigenvalue weighted by atomic mass is 9.95. The van der Waals surface area contributed by atoms with Crippen molar-refractivity contribution in [1.29, 1.82) is 0 Å². The van der Waals surface area contributed by atoms with E-state index in [0.29, 0.717) is 18.6 Å². The second-order valence-electron chi connectivity index (χ2n) is 6.54. The molecule has 1 aromatic carbocycles. The van der Waals surface area contributed by atoms with Gasteiger partial charge in [-0.3, -0.25) is 4.79 Å². The van der Waals surface area contributed by atoms with Crippen molar-refractivity contribution in [3.8, 4) is 5.75 Å². The maximum atomic E-state index is 12.1. The number of nitrogens with zero attached hydrogens (tertiary/aromatic N) is 1. The van der Waals surface area contributed by atoms with Crippen LogP contribution in [0.3, 0.4) is 0 Å². The van der Waals surface area contributed by atoms with E-state index in [0.717, 1.165) is 38.1 Å². The molecule has 7 heteroatoms. The number of carbonyl (C=O) groups is 1. The minimum atomic E-state index is 0. The zero-order valence-electron chi connectivity index (χ0n) is 16.2. The third-order valence-electron chi connectivity index (χ3n) is 4.32. The molecule has 1 aromatic rings. The molecular weight excluding hydrogens is 455 g/mol. The van der Waals surface area contributed by atoms with E-state index < -0.39 is 0 Å². The monoisotopic (exact) mass is 488 g/mol. The van der Waals surface area contributed by atoms with Crippen molar-refractivity contribution in [2.75, 3.05) is 26.2 Å². The first kappa shape index (κ1) is 23.5. The van der Waals surface area contributed by atoms with Crippen LogP contribution in [0.4, 0.5) is 0 Å². The maximum absolute atomic E-state index is 12.1. The van der Waals surface area contributed by atoms with Gasteiger partial charge in [0.05, 0.1) is 6.61 Å². The Hall–Kier alpha value is -1.51. The zero-order valence-corrected chi connectivity index (χ0v) is 18.5. The molecule has 152 valence electrons. The van der Waals surface area contributed by atoms with Crippen molar-refractivity contribution in [1.82, 2.24) is 16.0 Å². The maximum Gasteiger partial charge on any atom is 0.242 e. The zero-order chi connectivity index (χ0) is 18.5. The Morgan fingerprint density at radius 2 is 1.89 bits per heavy atom. The van der Waals surface area contributed by atoms with Crippen LogP contribution in [-0.4, -0.2) is 44.1 Å². The van der Waals surface area contributed by atoms with Crippen LogP contribution in [-0.2, 0) is 4.79 Å². The first-order valence-corrected chi connectivity index (χ1v) is 9.77. The van der Waals surface area contributed by atoms with E-state index in [-0.39, 0.29) is 36.4 Å². The van der Waals surface area contributed by atoms with Crippen molar-refractivity contribution in [3.05, 3.63) is 30.3 Å². The Labute approximate surface area is 179 Å². The van der Waals surface area contributed by atoms with Gasteiger partial charge < -0.3 is 20.7 Å². The lowest BCUT2D eigenvalue weighted by Crippen LogP contribution is -2.41. The van der Waals surface area contributed by atoms with E-state index in [4.69, 9.17) is 4.74 Å². The standard InChI is InChI=1S/C20H32N4O2.HI/c1-2-21-20(22-14-9-15-26-18-12-7-4-8-13-18)23-16-19(25)24-17-10-5-3-6-11-17;/h4,7-8,12-13,17H,2-3,5-6,9-11,14-16H2,1H3,(H,24,25)(H2,21,22,23);1H. The molecule has 3 N–H and O–H groups in total. The fourth-order valence-corrected chi connectivity index (χ4v) is 3.00. The first-order chi connectivity index (χ1) is 12.8. The summed E-state index contributed by atoms with van der Waals surface area (Å²) in [5.74, 6) is 1.56. The number of carbonyl (C=O) groups excluding carboxylic acids is 1.